The van der Waals surface area contributed by atoms with Crippen LogP contribution in [-0.4, -0.2) is 40.1 Å². The van der Waals surface area contributed by atoms with E-state index in [1.807, 2.05) is 6.92 Å². The number of aliphatic hydroxyl groups excluding tert-OH is 2. The highest BCUT2D eigenvalue weighted by Crippen LogP contribution is 2.26. The van der Waals surface area contributed by atoms with Crippen molar-refractivity contribution in [1.82, 2.24) is 9.88 Å². The molecule has 2 rings (SSSR count). The summed E-state index contributed by atoms with van der Waals surface area (Å²) in [4.78, 5) is 0. The van der Waals surface area contributed by atoms with Gasteiger partial charge in [-0.2, -0.15) is 0 Å². The van der Waals surface area contributed by atoms with E-state index in [2.05, 4.69) is 48.9 Å². The van der Waals surface area contributed by atoms with E-state index in [9.17, 15) is 10.2 Å². The molecule has 0 bridgehead atoms. The predicted molar refractivity (Wildman–Crippen MR) is 91.3 cm³/mol. The summed E-state index contributed by atoms with van der Waals surface area (Å²) in [7, 11) is 0. The molecule has 0 radical (unpaired) electrons. The minimum absolute atomic E-state index is 0.0570. The van der Waals surface area contributed by atoms with Crippen LogP contribution < -0.4 is 5.32 Å². The molecule has 22 heavy (non-hydrogen) atoms. The lowest BCUT2D eigenvalue weighted by atomic mass is 10.1. The Balaban J connectivity index is 2.16. The second-order valence-corrected chi connectivity index (χ2v) is 6.19. The first kappa shape index (κ1) is 17.0. The molecule has 0 saturated carbocycles. The number of benzene rings is 1. The molecule has 0 spiro atoms. The average molecular weight is 304 g/mol. The molecular formula is C18H28N2O2. The maximum atomic E-state index is 10.3. The maximum absolute atomic E-state index is 10.3. The van der Waals surface area contributed by atoms with Crippen LogP contribution in [-0.2, 0) is 6.54 Å². The molecule has 3 N–H and O–H groups in total. The summed E-state index contributed by atoms with van der Waals surface area (Å²) < 4.78 is 2.19. The lowest BCUT2D eigenvalue weighted by Gasteiger charge is -2.19. The Morgan fingerprint density at radius 3 is 2.59 bits per heavy atom. The number of fused-ring (bicyclic) bond motifs is 1. The third-order valence-corrected chi connectivity index (χ3v) is 4.54. The van der Waals surface area contributed by atoms with E-state index >= 15 is 0 Å². The van der Waals surface area contributed by atoms with E-state index in [-0.39, 0.29) is 12.6 Å². The normalized spacial score (nSPS) is 14.5. The smallest absolute Gasteiger partial charge is 0.0843 e. The fourth-order valence-electron chi connectivity index (χ4n) is 2.91. The van der Waals surface area contributed by atoms with Gasteiger partial charge in [0.25, 0.3) is 0 Å². The molecule has 2 aromatic rings. The standard InChI is InChI=1S/C18H28N2O2/c1-5-15(11-21)19-9-16(22)10-20-14(4)13(3)17-8-12(2)6-7-18(17)20/h6-8,15-16,19,21-22H,5,9-11H2,1-4H3/t15-,16-/m0/s1. The summed E-state index contributed by atoms with van der Waals surface area (Å²) in [6.45, 7) is 9.52. The number of hydrogen-bond acceptors (Lipinski definition) is 3. The van der Waals surface area contributed by atoms with Crippen molar-refractivity contribution in [2.45, 2.75) is 52.8 Å². The van der Waals surface area contributed by atoms with Gasteiger partial charge < -0.3 is 20.1 Å². The van der Waals surface area contributed by atoms with Gasteiger partial charge in [0.15, 0.2) is 0 Å². The monoisotopic (exact) mass is 304 g/mol. The zero-order valence-electron chi connectivity index (χ0n) is 14.1. The minimum atomic E-state index is -0.476. The molecular weight excluding hydrogens is 276 g/mol. The molecule has 4 heteroatoms. The van der Waals surface area contributed by atoms with Crippen LogP contribution in [0.4, 0.5) is 0 Å². The fourth-order valence-corrected chi connectivity index (χ4v) is 2.91. The summed E-state index contributed by atoms with van der Waals surface area (Å²) in [5.74, 6) is 0. The van der Waals surface area contributed by atoms with Crippen LogP contribution in [0, 0.1) is 20.8 Å². The van der Waals surface area contributed by atoms with E-state index in [0.29, 0.717) is 13.1 Å². The van der Waals surface area contributed by atoms with Crippen LogP contribution in [0.2, 0.25) is 0 Å². The zero-order chi connectivity index (χ0) is 16.3. The maximum Gasteiger partial charge on any atom is 0.0843 e. The summed E-state index contributed by atoms with van der Waals surface area (Å²) in [6, 6.07) is 6.51. The molecule has 1 heterocycles. The van der Waals surface area contributed by atoms with Crippen LogP contribution in [0.3, 0.4) is 0 Å². The predicted octanol–water partition coefficient (Wildman–Crippen LogP) is 2.29. The van der Waals surface area contributed by atoms with Gasteiger partial charge in [0.2, 0.25) is 0 Å². The number of nitrogens with zero attached hydrogens (tertiary/aromatic N) is 1. The summed E-state index contributed by atoms with van der Waals surface area (Å²) in [5, 5.41) is 24.0. The van der Waals surface area contributed by atoms with Crippen molar-refractivity contribution >= 4 is 10.9 Å². The molecule has 4 nitrogen and oxygen atoms in total. The number of aryl methyl sites for hydroxylation is 2. The number of nitrogens with one attached hydrogen (secondary N) is 1. The van der Waals surface area contributed by atoms with Crippen molar-refractivity contribution in [3.8, 4) is 0 Å². The lowest BCUT2D eigenvalue weighted by Crippen LogP contribution is -2.39. The summed E-state index contributed by atoms with van der Waals surface area (Å²) >= 11 is 0. The van der Waals surface area contributed by atoms with Gasteiger partial charge in [-0.3, -0.25) is 0 Å². The molecule has 0 unspecified atom stereocenters. The molecule has 1 aromatic heterocycles. The van der Waals surface area contributed by atoms with Gasteiger partial charge in [0.1, 0.15) is 0 Å². The first-order valence-corrected chi connectivity index (χ1v) is 8.06. The van der Waals surface area contributed by atoms with Gasteiger partial charge in [0, 0.05) is 29.2 Å². The average Bonchev–Trinajstić information content (AvgIpc) is 2.73. The highest BCUT2D eigenvalue weighted by atomic mass is 16.3. The Labute approximate surface area is 132 Å². The Bertz CT molecular complexity index is 630. The zero-order valence-corrected chi connectivity index (χ0v) is 14.1. The Morgan fingerprint density at radius 1 is 1.23 bits per heavy atom. The van der Waals surface area contributed by atoms with Crippen molar-refractivity contribution in [2.75, 3.05) is 13.2 Å². The summed E-state index contributed by atoms with van der Waals surface area (Å²) in [5.41, 5.74) is 4.91. The van der Waals surface area contributed by atoms with Crippen molar-refractivity contribution < 1.29 is 10.2 Å². The third-order valence-electron chi connectivity index (χ3n) is 4.54. The van der Waals surface area contributed by atoms with Crippen LogP contribution in [0.15, 0.2) is 18.2 Å². The van der Waals surface area contributed by atoms with E-state index < -0.39 is 6.10 Å². The topological polar surface area (TPSA) is 57.4 Å². The van der Waals surface area contributed by atoms with Gasteiger partial charge in [0.05, 0.1) is 19.3 Å². The summed E-state index contributed by atoms with van der Waals surface area (Å²) in [6.07, 6.45) is 0.378. The molecule has 0 aliphatic heterocycles. The van der Waals surface area contributed by atoms with E-state index in [1.165, 1.54) is 27.7 Å². The van der Waals surface area contributed by atoms with Crippen molar-refractivity contribution in [3.05, 3.63) is 35.0 Å². The van der Waals surface area contributed by atoms with Crippen LogP contribution >= 0.6 is 0 Å². The number of rotatable bonds is 7. The molecule has 0 saturated heterocycles. The van der Waals surface area contributed by atoms with Crippen LogP contribution in [0.5, 0.6) is 0 Å². The second kappa shape index (κ2) is 7.27. The first-order chi connectivity index (χ1) is 10.5. The van der Waals surface area contributed by atoms with E-state index in [1.54, 1.807) is 0 Å². The van der Waals surface area contributed by atoms with Crippen molar-refractivity contribution in [1.29, 1.82) is 0 Å². The second-order valence-electron chi connectivity index (χ2n) is 6.19. The van der Waals surface area contributed by atoms with Gasteiger partial charge in [-0.15, -0.1) is 0 Å². The molecule has 0 aliphatic carbocycles. The van der Waals surface area contributed by atoms with Crippen LogP contribution in [0.1, 0.15) is 30.2 Å². The molecule has 1 aromatic carbocycles. The number of aromatic nitrogens is 1. The van der Waals surface area contributed by atoms with Crippen LogP contribution in [0.25, 0.3) is 10.9 Å². The van der Waals surface area contributed by atoms with Crippen molar-refractivity contribution in [2.24, 2.45) is 0 Å². The highest BCUT2D eigenvalue weighted by Gasteiger charge is 2.15. The Hall–Kier alpha value is -1.36. The quantitative estimate of drug-likeness (QED) is 0.735. The molecule has 0 fully saturated rings. The fraction of sp³-hybridized carbons (Fsp3) is 0.556. The SMILES string of the molecule is CC[C@@H](CO)NC[C@H](O)Cn1c(C)c(C)c2cc(C)ccc21. The van der Waals surface area contributed by atoms with Gasteiger partial charge in [-0.1, -0.05) is 18.6 Å². The third kappa shape index (κ3) is 3.51. The minimum Gasteiger partial charge on any atom is -0.395 e. The molecule has 0 aliphatic rings. The van der Waals surface area contributed by atoms with E-state index in [0.717, 1.165) is 6.42 Å². The molecule has 2 atom stereocenters. The Kier molecular flexibility index (Phi) is 5.62. The van der Waals surface area contributed by atoms with Gasteiger partial charge in [-0.05, 0) is 44.9 Å². The van der Waals surface area contributed by atoms with Gasteiger partial charge >= 0.3 is 0 Å². The molecule has 0 amide bonds. The van der Waals surface area contributed by atoms with E-state index in [4.69, 9.17) is 0 Å². The molecule has 122 valence electrons. The number of hydrogen-bond donors (Lipinski definition) is 3. The highest BCUT2D eigenvalue weighted by molar-refractivity contribution is 5.85. The Morgan fingerprint density at radius 2 is 1.95 bits per heavy atom. The first-order valence-electron chi connectivity index (χ1n) is 8.06. The number of aliphatic hydroxyl groups is 2. The van der Waals surface area contributed by atoms with Crippen molar-refractivity contribution in [3.63, 3.8) is 0 Å². The largest absolute Gasteiger partial charge is 0.395 e. The lowest BCUT2D eigenvalue weighted by molar-refractivity contribution is 0.139. The van der Waals surface area contributed by atoms with Gasteiger partial charge in [-0.25, -0.2) is 0 Å².